The minimum atomic E-state index is -4.63. The van der Waals surface area contributed by atoms with Crippen LogP contribution in [0.3, 0.4) is 0 Å². The van der Waals surface area contributed by atoms with Gasteiger partial charge in [0.15, 0.2) is 0 Å². The lowest BCUT2D eigenvalue weighted by Gasteiger charge is -2.45. The molecule has 1 aliphatic carbocycles. The second-order valence-electron chi connectivity index (χ2n) is 5.87. The summed E-state index contributed by atoms with van der Waals surface area (Å²) < 4.78 is 39.4. The molecule has 2 atom stereocenters. The smallest absolute Gasteiger partial charge is 0.387 e. The number of anilines is 1. The first-order valence-electron chi connectivity index (χ1n) is 7.62. The number of fused-ring (bicyclic) bond motifs is 1. The van der Waals surface area contributed by atoms with Crippen LogP contribution in [0.2, 0.25) is 0 Å². The first-order valence-corrected chi connectivity index (χ1v) is 8.67. The lowest BCUT2D eigenvalue weighted by Crippen LogP contribution is -2.54. The molecule has 10 heteroatoms. The Morgan fingerprint density at radius 1 is 1.46 bits per heavy atom. The number of aromatic nitrogens is 4. The van der Waals surface area contributed by atoms with Crippen LogP contribution in [-0.4, -0.2) is 47.8 Å². The lowest BCUT2D eigenvalue weighted by molar-refractivity contribution is -0.144. The molecule has 2 aromatic heterocycles. The van der Waals surface area contributed by atoms with Gasteiger partial charge >= 0.3 is 6.18 Å². The zero-order valence-corrected chi connectivity index (χ0v) is 14.1. The molecule has 0 saturated heterocycles. The van der Waals surface area contributed by atoms with E-state index in [0.29, 0.717) is 17.9 Å². The number of alkyl halides is 3. The van der Waals surface area contributed by atoms with Crippen LogP contribution < -0.4 is 5.32 Å². The predicted molar refractivity (Wildman–Crippen MR) is 85.1 cm³/mol. The van der Waals surface area contributed by atoms with Crippen molar-refractivity contribution in [1.82, 2.24) is 19.6 Å². The molecule has 2 aromatic rings. The number of aliphatic hydroxyl groups is 1. The molecule has 0 amide bonds. The molecular formula is C14H18F3N5OS. The van der Waals surface area contributed by atoms with Crippen molar-refractivity contribution in [3.63, 3.8) is 0 Å². The van der Waals surface area contributed by atoms with Crippen molar-refractivity contribution in [3.8, 4) is 0 Å². The van der Waals surface area contributed by atoms with E-state index in [-0.39, 0.29) is 17.6 Å². The molecule has 24 heavy (non-hydrogen) atoms. The number of hydrogen-bond donors (Lipinski definition) is 2. The molecular weight excluding hydrogens is 343 g/mol. The zero-order chi connectivity index (χ0) is 17.5. The average molecular weight is 361 g/mol. The largest absolute Gasteiger partial charge is 0.453 e. The number of rotatable bonds is 5. The van der Waals surface area contributed by atoms with Gasteiger partial charge in [0, 0.05) is 23.6 Å². The van der Waals surface area contributed by atoms with Crippen molar-refractivity contribution in [2.75, 3.05) is 17.6 Å². The molecule has 1 aliphatic rings. The summed E-state index contributed by atoms with van der Waals surface area (Å²) in [4.78, 5) is 7.41. The summed E-state index contributed by atoms with van der Waals surface area (Å²) in [6.07, 6.45) is -3.03. The van der Waals surface area contributed by atoms with Crippen molar-refractivity contribution >= 4 is 23.4 Å². The standard InChI is InChI=1S/C14H18F3N5OS/c1-3-24-9-4-5-13(9,23)7-18-10-6-8(2)19-12-20-11(14(15,16)17)21-22(10)12/h6,9,18,23H,3-5,7H2,1-2H3. The third-order valence-corrected chi connectivity index (χ3v) is 5.49. The molecule has 0 bridgehead atoms. The minimum Gasteiger partial charge on any atom is -0.387 e. The van der Waals surface area contributed by atoms with Gasteiger partial charge in [0.05, 0.1) is 5.60 Å². The molecule has 2 unspecified atom stereocenters. The highest BCUT2D eigenvalue weighted by molar-refractivity contribution is 8.00. The van der Waals surface area contributed by atoms with E-state index in [9.17, 15) is 18.3 Å². The molecule has 6 nitrogen and oxygen atoms in total. The van der Waals surface area contributed by atoms with E-state index >= 15 is 0 Å². The van der Waals surface area contributed by atoms with Crippen molar-refractivity contribution in [3.05, 3.63) is 17.6 Å². The fourth-order valence-corrected chi connectivity index (χ4v) is 3.91. The summed E-state index contributed by atoms with van der Waals surface area (Å²) in [6.45, 7) is 3.94. The van der Waals surface area contributed by atoms with Crippen LogP contribution >= 0.6 is 11.8 Å². The van der Waals surface area contributed by atoms with Crippen LogP contribution in [0.1, 0.15) is 31.3 Å². The Kier molecular flexibility index (Phi) is 4.37. The fourth-order valence-electron chi connectivity index (χ4n) is 2.71. The van der Waals surface area contributed by atoms with E-state index in [0.717, 1.165) is 16.7 Å². The molecule has 1 saturated carbocycles. The summed E-state index contributed by atoms with van der Waals surface area (Å²) in [5.74, 6) is -0.111. The van der Waals surface area contributed by atoms with Gasteiger partial charge in [-0.3, -0.25) is 0 Å². The second-order valence-corrected chi connectivity index (χ2v) is 7.35. The van der Waals surface area contributed by atoms with Gasteiger partial charge in [-0.1, -0.05) is 6.92 Å². The molecule has 132 valence electrons. The third-order valence-electron chi connectivity index (χ3n) is 4.08. The van der Waals surface area contributed by atoms with E-state index < -0.39 is 17.6 Å². The fraction of sp³-hybridized carbons (Fsp3) is 0.643. The van der Waals surface area contributed by atoms with Crippen LogP contribution in [-0.2, 0) is 6.18 Å². The highest BCUT2D eigenvalue weighted by atomic mass is 32.2. The third kappa shape index (κ3) is 3.16. The number of aryl methyl sites for hydroxylation is 1. The van der Waals surface area contributed by atoms with Crippen molar-refractivity contribution < 1.29 is 18.3 Å². The maximum Gasteiger partial charge on any atom is 0.453 e. The van der Waals surface area contributed by atoms with Gasteiger partial charge in [0.2, 0.25) is 0 Å². The molecule has 0 spiro atoms. The van der Waals surface area contributed by atoms with Gasteiger partial charge in [0.1, 0.15) is 5.82 Å². The minimum absolute atomic E-state index is 0.120. The number of nitrogens with zero attached hydrogens (tertiary/aromatic N) is 4. The monoisotopic (exact) mass is 361 g/mol. The molecule has 0 aromatic carbocycles. The quantitative estimate of drug-likeness (QED) is 0.852. The van der Waals surface area contributed by atoms with Crippen LogP contribution in [0.15, 0.2) is 6.07 Å². The van der Waals surface area contributed by atoms with E-state index in [1.807, 2.05) is 6.92 Å². The Bertz CT molecular complexity index is 750. The second kappa shape index (κ2) is 6.07. The van der Waals surface area contributed by atoms with E-state index in [1.165, 1.54) is 0 Å². The van der Waals surface area contributed by atoms with Crippen molar-refractivity contribution in [2.24, 2.45) is 0 Å². The molecule has 3 rings (SSSR count). The number of thioether (sulfide) groups is 1. The predicted octanol–water partition coefficient (Wildman–Crippen LogP) is 2.51. The van der Waals surface area contributed by atoms with Crippen LogP contribution in [0.25, 0.3) is 5.78 Å². The molecule has 0 radical (unpaired) electrons. The van der Waals surface area contributed by atoms with Crippen molar-refractivity contribution in [1.29, 1.82) is 0 Å². The van der Waals surface area contributed by atoms with E-state index in [1.54, 1.807) is 24.8 Å². The molecule has 1 fully saturated rings. The summed E-state index contributed by atoms with van der Waals surface area (Å²) in [7, 11) is 0. The van der Waals surface area contributed by atoms with Crippen LogP contribution in [0, 0.1) is 6.92 Å². The Morgan fingerprint density at radius 3 is 2.79 bits per heavy atom. The first kappa shape index (κ1) is 17.3. The molecule has 2 N–H and O–H groups in total. The van der Waals surface area contributed by atoms with E-state index in [4.69, 9.17) is 0 Å². The maximum absolute atomic E-state index is 12.8. The summed E-state index contributed by atoms with van der Waals surface area (Å²) in [5, 5.41) is 17.3. The Labute approximate surface area is 140 Å². The highest BCUT2D eigenvalue weighted by Gasteiger charge is 2.45. The van der Waals surface area contributed by atoms with Crippen molar-refractivity contribution in [2.45, 2.75) is 43.7 Å². The Hall–Kier alpha value is -1.55. The normalized spacial score (nSPS) is 24.2. The highest BCUT2D eigenvalue weighted by Crippen LogP contribution is 2.41. The topological polar surface area (TPSA) is 75.3 Å². The zero-order valence-electron chi connectivity index (χ0n) is 13.3. The van der Waals surface area contributed by atoms with Gasteiger partial charge in [-0.25, -0.2) is 4.98 Å². The van der Waals surface area contributed by atoms with Gasteiger partial charge in [-0.05, 0) is 25.5 Å². The lowest BCUT2D eigenvalue weighted by atomic mass is 9.79. The Balaban J connectivity index is 1.85. The van der Waals surface area contributed by atoms with Gasteiger partial charge < -0.3 is 10.4 Å². The van der Waals surface area contributed by atoms with Crippen LogP contribution in [0.4, 0.5) is 19.0 Å². The average Bonchev–Trinajstić information content (AvgIpc) is 2.93. The van der Waals surface area contributed by atoms with Gasteiger partial charge in [-0.15, -0.1) is 5.10 Å². The summed E-state index contributed by atoms with van der Waals surface area (Å²) in [5.41, 5.74) is -0.344. The SMILES string of the molecule is CCSC1CCC1(O)CNc1cc(C)nc2nc(C(F)(F)F)nn12. The van der Waals surface area contributed by atoms with Gasteiger partial charge in [0.25, 0.3) is 11.6 Å². The number of hydrogen-bond acceptors (Lipinski definition) is 6. The van der Waals surface area contributed by atoms with Crippen LogP contribution in [0.5, 0.6) is 0 Å². The first-order chi connectivity index (χ1) is 11.2. The molecule has 2 heterocycles. The number of nitrogens with one attached hydrogen (secondary N) is 1. The van der Waals surface area contributed by atoms with E-state index in [2.05, 4.69) is 20.4 Å². The summed E-state index contributed by atoms with van der Waals surface area (Å²) >= 11 is 1.69. The maximum atomic E-state index is 12.8. The summed E-state index contributed by atoms with van der Waals surface area (Å²) in [6, 6.07) is 1.59. The Morgan fingerprint density at radius 2 is 2.21 bits per heavy atom. The number of halogens is 3. The molecule has 0 aliphatic heterocycles. The van der Waals surface area contributed by atoms with Gasteiger partial charge in [-0.2, -0.15) is 34.4 Å².